The average Bonchev–Trinajstić information content (AvgIpc) is 3.56. The van der Waals surface area contributed by atoms with Crippen LogP contribution in [0.25, 0.3) is 28.2 Å². The molecule has 0 saturated heterocycles. The molecule has 0 aliphatic rings. The van der Waals surface area contributed by atoms with E-state index in [9.17, 15) is 4.79 Å². The molecule has 3 N–H and O–H groups in total. The number of nitrogens with two attached hydrogens (primary N) is 1. The number of ether oxygens (including phenoxy) is 1. The predicted molar refractivity (Wildman–Crippen MR) is 137 cm³/mol. The second-order valence-corrected chi connectivity index (χ2v) is 7.82. The monoisotopic (exact) mass is 494 g/mol. The van der Waals surface area contributed by atoms with Crippen molar-refractivity contribution < 1.29 is 14.2 Å². The molecule has 184 valence electrons. The fourth-order valence-corrected chi connectivity index (χ4v) is 3.67. The molecule has 0 saturated carbocycles. The number of hydrazone groups is 1. The summed E-state index contributed by atoms with van der Waals surface area (Å²) in [7, 11) is 0. The summed E-state index contributed by atoms with van der Waals surface area (Å²) >= 11 is 0. The van der Waals surface area contributed by atoms with E-state index < -0.39 is 5.91 Å². The molecule has 0 atom stereocenters. The van der Waals surface area contributed by atoms with Crippen LogP contribution in [-0.2, 0) is 0 Å². The van der Waals surface area contributed by atoms with E-state index in [1.165, 1.54) is 4.68 Å². The molecule has 5 rings (SSSR count). The standard InChI is InChI=1S/C26H22N8O3/c1-2-36-21-14-12-20(13-15-21)23-22(29-33-34(23)25-24(27)31-37-32-25)26(35)30-28-16-17-8-10-19(11-9-17)18-6-4-3-5-7-18/h3-16H,2H2,1H3,(H2,27,31)(H,30,35)/b28-16+. The average molecular weight is 495 g/mol. The van der Waals surface area contributed by atoms with Gasteiger partial charge in [0.2, 0.25) is 11.6 Å². The topological polar surface area (TPSA) is 146 Å². The minimum absolute atomic E-state index is 0.000940. The van der Waals surface area contributed by atoms with Gasteiger partial charge in [-0.05, 0) is 58.2 Å². The van der Waals surface area contributed by atoms with Crippen molar-refractivity contribution in [1.82, 2.24) is 30.7 Å². The zero-order chi connectivity index (χ0) is 25.6. The Morgan fingerprint density at radius 1 is 1.00 bits per heavy atom. The van der Waals surface area contributed by atoms with Crippen molar-refractivity contribution in [2.75, 3.05) is 12.3 Å². The summed E-state index contributed by atoms with van der Waals surface area (Å²) in [5.74, 6) is 0.225. The van der Waals surface area contributed by atoms with E-state index in [2.05, 4.69) is 31.2 Å². The number of carbonyl (C=O) groups is 1. The lowest BCUT2D eigenvalue weighted by molar-refractivity contribution is 0.0950. The molecule has 0 bridgehead atoms. The molecule has 2 aromatic heterocycles. The first-order valence-corrected chi connectivity index (χ1v) is 11.4. The zero-order valence-corrected chi connectivity index (χ0v) is 19.8. The van der Waals surface area contributed by atoms with Gasteiger partial charge in [0, 0.05) is 5.56 Å². The van der Waals surface area contributed by atoms with Crippen molar-refractivity contribution in [2.45, 2.75) is 6.92 Å². The van der Waals surface area contributed by atoms with Crippen LogP contribution in [0.3, 0.4) is 0 Å². The number of nitrogens with one attached hydrogen (secondary N) is 1. The van der Waals surface area contributed by atoms with Gasteiger partial charge < -0.3 is 10.5 Å². The summed E-state index contributed by atoms with van der Waals surface area (Å²) in [6.07, 6.45) is 1.55. The molecule has 0 aliphatic carbocycles. The highest BCUT2D eigenvalue weighted by atomic mass is 16.6. The quantitative estimate of drug-likeness (QED) is 0.245. The van der Waals surface area contributed by atoms with E-state index in [0.717, 1.165) is 16.7 Å². The van der Waals surface area contributed by atoms with Gasteiger partial charge in [-0.25, -0.2) is 10.1 Å². The molecule has 0 fully saturated rings. The third kappa shape index (κ3) is 5.05. The molecule has 0 radical (unpaired) electrons. The Hall–Kier alpha value is -5.32. The van der Waals surface area contributed by atoms with Crippen molar-refractivity contribution in [1.29, 1.82) is 0 Å². The number of hydrogen-bond acceptors (Lipinski definition) is 9. The van der Waals surface area contributed by atoms with E-state index >= 15 is 0 Å². The van der Waals surface area contributed by atoms with Gasteiger partial charge in [0.15, 0.2) is 5.69 Å². The van der Waals surface area contributed by atoms with Crippen LogP contribution in [0.5, 0.6) is 5.75 Å². The Balaban J connectivity index is 1.38. The first-order valence-electron chi connectivity index (χ1n) is 11.4. The fourth-order valence-electron chi connectivity index (χ4n) is 3.67. The van der Waals surface area contributed by atoms with Gasteiger partial charge in [-0.3, -0.25) is 4.79 Å². The van der Waals surface area contributed by atoms with Crippen molar-refractivity contribution in [3.63, 3.8) is 0 Å². The van der Waals surface area contributed by atoms with Gasteiger partial charge in [-0.15, -0.1) is 5.10 Å². The van der Waals surface area contributed by atoms with E-state index in [0.29, 0.717) is 23.6 Å². The van der Waals surface area contributed by atoms with Crippen molar-refractivity contribution in [3.05, 3.63) is 90.1 Å². The summed E-state index contributed by atoms with van der Waals surface area (Å²) < 4.78 is 11.5. The molecule has 3 aromatic carbocycles. The molecule has 0 spiro atoms. The Labute approximate surface area is 211 Å². The maximum absolute atomic E-state index is 13.0. The van der Waals surface area contributed by atoms with Crippen molar-refractivity contribution in [3.8, 4) is 34.0 Å². The van der Waals surface area contributed by atoms with E-state index in [-0.39, 0.29) is 17.3 Å². The lowest BCUT2D eigenvalue weighted by Gasteiger charge is -2.07. The number of carbonyl (C=O) groups excluding carboxylic acids is 1. The first kappa shape index (κ1) is 23.4. The lowest BCUT2D eigenvalue weighted by atomic mass is 10.0. The maximum Gasteiger partial charge on any atom is 0.294 e. The Morgan fingerprint density at radius 2 is 1.70 bits per heavy atom. The van der Waals surface area contributed by atoms with Crippen LogP contribution in [0.2, 0.25) is 0 Å². The summed E-state index contributed by atoms with van der Waals surface area (Å²) in [6.45, 7) is 2.43. The van der Waals surface area contributed by atoms with Crippen molar-refractivity contribution >= 4 is 17.9 Å². The van der Waals surface area contributed by atoms with Crippen LogP contribution < -0.4 is 15.9 Å². The summed E-state index contributed by atoms with van der Waals surface area (Å²) in [6, 6.07) is 25.0. The summed E-state index contributed by atoms with van der Waals surface area (Å²) in [4.78, 5) is 13.0. The van der Waals surface area contributed by atoms with Gasteiger partial charge >= 0.3 is 0 Å². The smallest absolute Gasteiger partial charge is 0.294 e. The van der Waals surface area contributed by atoms with Crippen LogP contribution in [0.4, 0.5) is 5.82 Å². The van der Waals surface area contributed by atoms with Crippen molar-refractivity contribution in [2.24, 2.45) is 5.10 Å². The van der Waals surface area contributed by atoms with E-state index in [1.807, 2.05) is 61.5 Å². The van der Waals surface area contributed by atoms with Crippen LogP contribution in [0.1, 0.15) is 23.0 Å². The Morgan fingerprint density at radius 3 is 2.38 bits per heavy atom. The van der Waals surface area contributed by atoms with Crippen LogP contribution in [0, 0.1) is 0 Å². The summed E-state index contributed by atoms with van der Waals surface area (Å²) in [5.41, 5.74) is 12.4. The van der Waals surface area contributed by atoms with Gasteiger partial charge in [-0.1, -0.05) is 59.8 Å². The molecule has 11 nitrogen and oxygen atoms in total. The molecule has 2 heterocycles. The maximum atomic E-state index is 13.0. The number of rotatable bonds is 8. The third-order valence-corrected chi connectivity index (χ3v) is 5.42. The Bertz CT molecular complexity index is 1520. The van der Waals surface area contributed by atoms with Crippen LogP contribution >= 0.6 is 0 Å². The highest BCUT2D eigenvalue weighted by molar-refractivity contribution is 5.98. The SMILES string of the molecule is CCOc1ccc(-c2c(C(=O)N/N=C/c3ccc(-c4ccccc4)cc3)nnn2-c2nonc2N)cc1. The number of nitrogens with zero attached hydrogens (tertiary/aromatic N) is 6. The second kappa shape index (κ2) is 10.5. The molecule has 1 amide bonds. The lowest BCUT2D eigenvalue weighted by Crippen LogP contribution is -2.19. The van der Waals surface area contributed by atoms with Crippen LogP contribution in [-0.4, -0.2) is 44.0 Å². The molecule has 37 heavy (non-hydrogen) atoms. The van der Waals surface area contributed by atoms with Crippen LogP contribution in [0.15, 0.2) is 88.6 Å². The molecule has 0 aliphatic heterocycles. The normalized spacial score (nSPS) is 11.1. The van der Waals surface area contributed by atoms with Gasteiger partial charge in [0.1, 0.15) is 11.4 Å². The number of nitrogen functional groups attached to an aromatic ring is 1. The largest absolute Gasteiger partial charge is 0.494 e. The predicted octanol–water partition coefficient (Wildman–Crippen LogP) is 3.73. The number of benzene rings is 3. The minimum Gasteiger partial charge on any atom is -0.494 e. The first-order chi connectivity index (χ1) is 18.1. The van der Waals surface area contributed by atoms with Gasteiger partial charge in [-0.2, -0.15) is 9.78 Å². The number of anilines is 1. The summed E-state index contributed by atoms with van der Waals surface area (Å²) in [5, 5.41) is 19.6. The number of hydrogen-bond donors (Lipinski definition) is 2. The molecule has 0 unspecified atom stereocenters. The zero-order valence-electron chi connectivity index (χ0n) is 19.8. The van der Waals surface area contributed by atoms with Gasteiger partial charge in [0.05, 0.1) is 12.8 Å². The second-order valence-electron chi connectivity index (χ2n) is 7.82. The van der Waals surface area contributed by atoms with E-state index in [1.54, 1.807) is 30.5 Å². The highest BCUT2D eigenvalue weighted by Gasteiger charge is 2.25. The Kier molecular flexibility index (Phi) is 6.66. The van der Waals surface area contributed by atoms with Gasteiger partial charge in [0.25, 0.3) is 5.91 Å². The molecular weight excluding hydrogens is 472 g/mol. The number of aromatic nitrogens is 5. The highest BCUT2D eigenvalue weighted by Crippen LogP contribution is 2.28. The molecule has 5 aromatic rings. The molecule has 11 heteroatoms. The minimum atomic E-state index is -0.567. The molecular formula is C26H22N8O3. The number of amides is 1. The van der Waals surface area contributed by atoms with E-state index in [4.69, 9.17) is 15.1 Å². The fraction of sp³-hybridized carbons (Fsp3) is 0.0769. The third-order valence-electron chi connectivity index (χ3n) is 5.42.